The first-order valence-corrected chi connectivity index (χ1v) is 13.6. The Balaban J connectivity index is 1.62. The molecule has 200 valence electrons. The van der Waals surface area contributed by atoms with Gasteiger partial charge in [0.05, 0.1) is 20.8 Å². The molecular weight excluding hydrogens is 524 g/mol. The second kappa shape index (κ2) is 11.7. The molecule has 1 N–H and O–H groups in total. The van der Waals surface area contributed by atoms with Crippen molar-refractivity contribution in [2.75, 3.05) is 14.2 Å². The van der Waals surface area contributed by atoms with E-state index in [2.05, 4.69) is 20.7 Å². The first-order chi connectivity index (χ1) is 18.2. The third-order valence-electron chi connectivity index (χ3n) is 5.47. The summed E-state index contributed by atoms with van der Waals surface area (Å²) in [5.41, 5.74) is 0.198. The van der Waals surface area contributed by atoms with Gasteiger partial charge in [0.25, 0.3) is 0 Å². The van der Waals surface area contributed by atoms with Crippen molar-refractivity contribution in [2.24, 2.45) is 0 Å². The fourth-order valence-corrected chi connectivity index (χ4v) is 5.35. The van der Waals surface area contributed by atoms with E-state index in [1.807, 2.05) is 55.8 Å². The third-order valence-corrected chi connectivity index (χ3v) is 7.25. The topological polar surface area (TPSA) is 111 Å². The molecule has 0 radical (unpaired) electrons. The maximum Gasteiger partial charge on any atom is 0.248 e. The second-order valence-electron chi connectivity index (χ2n) is 9.47. The Morgan fingerprint density at radius 3 is 2.42 bits per heavy atom. The van der Waals surface area contributed by atoms with Crippen LogP contribution in [0.25, 0.3) is 11.4 Å². The van der Waals surface area contributed by atoms with Gasteiger partial charge >= 0.3 is 0 Å². The molecule has 38 heavy (non-hydrogen) atoms. The largest absolute Gasteiger partial charge is 0.493 e. The molecule has 3 aromatic heterocycles. The highest BCUT2D eigenvalue weighted by Crippen LogP contribution is 2.31. The number of methoxy groups -OCH3 is 2. The number of aromatic nitrogens is 4. The van der Waals surface area contributed by atoms with Crippen LogP contribution in [-0.4, -0.2) is 56.7 Å². The zero-order chi connectivity index (χ0) is 27.3. The summed E-state index contributed by atoms with van der Waals surface area (Å²) in [6.07, 6.45) is 0. The molecule has 1 atom stereocenters. The summed E-state index contributed by atoms with van der Waals surface area (Å²) < 4.78 is 10.7. The van der Waals surface area contributed by atoms with Gasteiger partial charge in [0.1, 0.15) is 12.6 Å². The Labute approximate surface area is 229 Å². The number of ether oxygens (including phenoxy) is 2. The fourth-order valence-electron chi connectivity index (χ4n) is 3.82. The van der Waals surface area contributed by atoms with E-state index in [0.29, 0.717) is 22.9 Å². The molecule has 0 spiro atoms. The number of benzene rings is 1. The minimum atomic E-state index is -0.808. The van der Waals surface area contributed by atoms with Gasteiger partial charge in [0.2, 0.25) is 17.6 Å². The van der Waals surface area contributed by atoms with Gasteiger partial charge in [0.15, 0.2) is 11.5 Å². The molecule has 0 aliphatic rings. The van der Waals surface area contributed by atoms with Crippen LogP contribution in [0.4, 0.5) is 0 Å². The molecule has 1 aromatic carbocycles. The van der Waals surface area contributed by atoms with E-state index >= 15 is 0 Å². The maximum absolute atomic E-state index is 13.8. The van der Waals surface area contributed by atoms with Crippen molar-refractivity contribution in [1.29, 1.82) is 0 Å². The van der Waals surface area contributed by atoms with Crippen molar-refractivity contribution in [3.63, 3.8) is 0 Å². The monoisotopic (exact) mass is 554 g/mol. The number of nitrogens with one attached hydrogen (secondary N) is 1. The summed E-state index contributed by atoms with van der Waals surface area (Å²) in [7, 11) is 3.11. The number of amides is 2. The van der Waals surface area contributed by atoms with Crippen molar-refractivity contribution in [3.05, 3.63) is 63.0 Å². The van der Waals surface area contributed by atoms with E-state index in [9.17, 15) is 9.59 Å². The predicted molar refractivity (Wildman–Crippen MR) is 146 cm³/mol. The van der Waals surface area contributed by atoms with Gasteiger partial charge < -0.3 is 19.7 Å². The number of hydrogen-bond donors (Lipinski definition) is 1. The molecule has 0 saturated heterocycles. The molecule has 10 nitrogen and oxygen atoms in total. The number of tetrazole rings is 1. The lowest BCUT2D eigenvalue weighted by Crippen LogP contribution is -2.49. The molecule has 4 aromatic rings. The lowest BCUT2D eigenvalue weighted by Gasteiger charge is -2.32. The fraction of sp³-hybridized carbons (Fsp3) is 0.346. The van der Waals surface area contributed by atoms with Crippen LogP contribution in [0.3, 0.4) is 0 Å². The van der Waals surface area contributed by atoms with Gasteiger partial charge in [-0.1, -0.05) is 12.1 Å². The van der Waals surface area contributed by atoms with Crippen LogP contribution < -0.4 is 14.8 Å². The van der Waals surface area contributed by atoms with Crippen LogP contribution in [0.1, 0.15) is 36.6 Å². The van der Waals surface area contributed by atoms with Crippen LogP contribution >= 0.6 is 22.7 Å². The van der Waals surface area contributed by atoms with Gasteiger partial charge in [-0.3, -0.25) is 9.59 Å². The van der Waals surface area contributed by atoms with Gasteiger partial charge in [-0.05, 0) is 67.1 Å². The Bertz CT molecular complexity index is 1360. The summed E-state index contributed by atoms with van der Waals surface area (Å²) in [5.74, 6) is 0.891. The summed E-state index contributed by atoms with van der Waals surface area (Å²) in [6, 6.07) is 12.1. The van der Waals surface area contributed by atoms with Crippen LogP contribution in [0.15, 0.2) is 53.2 Å². The predicted octanol–water partition coefficient (Wildman–Crippen LogP) is 4.17. The van der Waals surface area contributed by atoms with Crippen LogP contribution in [0.2, 0.25) is 0 Å². The molecule has 4 rings (SSSR count). The number of thiophene rings is 2. The highest BCUT2D eigenvalue weighted by atomic mass is 32.1. The smallest absolute Gasteiger partial charge is 0.248 e. The molecule has 3 heterocycles. The summed E-state index contributed by atoms with van der Waals surface area (Å²) in [4.78, 5) is 31.8. The lowest BCUT2D eigenvalue weighted by molar-refractivity contribution is -0.142. The molecular formula is C26H30N6O4S2. The minimum Gasteiger partial charge on any atom is -0.493 e. The van der Waals surface area contributed by atoms with Gasteiger partial charge in [-0.25, -0.2) is 0 Å². The van der Waals surface area contributed by atoms with E-state index in [4.69, 9.17) is 9.47 Å². The van der Waals surface area contributed by atoms with E-state index in [0.717, 1.165) is 9.75 Å². The third kappa shape index (κ3) is 6.56. The molecule has 1 unspecified atom stereocenters. The number of carbonyl (C=O) groups is 2. The Morgan fingerprint density at radius 2 is 1.79 bits per heavy atom. The van der Waals surface area contributed by atoms with Crippen LogP contribution in [0, 0.1) is 0 Å². The molecule has 12 heteroatoms. The average molecular weight is 555 g/mol. The van der Waals surface area contributed by atoms with Gasteiger partial charge in [-0.2, -0.15) is 4.80 Å². The quantitative estimate of drug-likeness (QED) is 0.313. The first-order valence-electron chi connectivity index (χ1n) is 11.9. The second-order valence-corrected chi connectivity index (χ2v) is 11.5. The first kappa shape index (κ1) is 27.3. The number of hydrogen-bond acceptors (Lipinski definition) is 9. The molecule has 2 amide bonds. The SMILES string of the molecule is COc1ccc(-c2nnn(CC(=O)N(Cc3cccs3)C(C(=O)NC(C)(C)C)c3cccs3)n2)cc1OC. The molecule has 0 bridgehead atoms. The standard InChI is InChI=1S/C26H30N6O4S2/c1-26(2,3)27-25(34)23(21-9-7-13-38-21)31(15-18-8-6-12-37-18)22(33)16-32-29-24(28-30-32)17-10-11-19(35-4)20(14-17)36-5/h6-14,23H,15-16H2,1-5H3,(H,27,34). The highest BCUT2D eigenvalue weighted by molar-refractivity contribution is 7.10. The van der Waals surface area contributed by atoms with E-state index in [1.54, 1.807) is 37.3 Å². The van der Waals surface area contributed by atoms with Crippen LogP contribution in [0.5, 0.6) is 11.5 Å². The van der Waals surface area contributed by atoms with E-state index in [1.165, 1.54) is 27.5 Å². The van der Waals surface area contributed by atoms with Crippen LogP contribution in [-0.2, 0) is 22.7 Å². The van der Waals surface area contributed by atoms with Crippen molar-refractivity contribution >= 4 is 34.5 Å². The minimum absolute atomic E-state index is 0.184. The van der Waals surface area contributed by atoms with Crippen molar-refractivity contribution < 1.29 is 19.1 Å². The Hall–Kier alpha value is -3.77. The summed E-state index contributed by atoms with van der Waals surface area (Å²) in [5, 5.41) is 19.5. The molecule has 0 aliphatic carbocycles. The molecule has 0 fully saturated rings. The van der Waals surface area contributed by atoms with E-state index < -0.39 is 11.6 Å². The number of carbonyl (C=O) groups excluding carboxylic acids is 2. The van der Waals surface area contributed by atoms with Gasteiger partial charge in [0, 0.05) is 20.9 Å². The summed E-state index contributed by atoms with van der Waals surface area (Å²) >= 11 is 2.96. The van der Waals surface area contributed by atoms with E-state index in [-0.39, 0.29) is 24.9 Å². The normalized spacial score (nSPS) is 12.1. The molecule has 0 saturated carbocycles. The number of nitrogens with zero attached hydrogens (tertiary/aromatic N) is 5. The Morgan fingerprint density at radius 1 is 1.05 bits per heavy atom. The van der Waals surface area contributed by atoms with Crippen molar-refractivity contribution in [3.8, 4) is 22.9 Å². The zero-order valence-electron chi connectivity index (χ0n) is 21.9. The maximum atomic E-state index is 13.8. The lowest BCUT2D eigenvalue weighted by atomic mass is 10.1. The number of rotatable bonds is 10. The Kier molecular flexibility index (Phi) is 8.42. The van der Waals surface area contributed by atoms with Crippen molar-refractivity contribution in [2.45, 2.75) is 45.4 Å². The van der Waals surface area contributed by atoms with Gasteiger partial charge in [-0.15, -0.1) is 32.9 Å². The zero-order valence-corrected chi connectivity index (χ0v) is 23.5. The average Bonchev–Trinajstić information content (AvgIpc) is 3.66. The molecule has 0 aliphatic heterocycles. The van der Waals surface area contributed by atoms with Crippen molar-refractivity contribution in [1.82, 2.24) is 30.4 Å². The highest BCUT2D eigenvalue weighted by Gasteiger charge is 2.34. The summed E-state index contributed by atoms with van der Waals surface area (Å²) in [6.45, 7) is 5.83.